The van der Waals surface area contributed by atoms with Crippen molar-refractivity contribution in [2.24, 2.45) is 23.7 Å². The largest absolute Gasteiger partial charge is 0.244 e. The molecule has 0 aromatic heterocycles. The van der Waals surface area contributed by atoms with Gasteiger partial charge in [0.25, 0.3) is 0 Å². The Balaban J connectivity index is 1.96. The van der Waals surface area contributed by atoms with E-state index in [1.807, 2.05) is 6.92 Å². The highest BCUT2D eigenvalue weighted by Gasteiger charge is 2.41. The molecule has 2 saturated carbocycles. The van der Waals surface area contributed by atoms with Crippen LogP contribution in [0.2, 0.25) is 0 Å². The summed E-state index contributed by atoms with van der Waals surface area (Å²) in [6.45, 7) is 4.14. The summed E-state index contributed by atoms with van der Waals surface area (Å²) in [6.07, 6.45) is 5.30. The molecule has 2 rings (SSSR count). The smallest absolute Gasteiger partial charge is 0.134 e. The van der Waals surface area contributed by atoms with Gasteiger partial charge in [0.2, 0.25) is 0 Å². The molecule has 100 valence electrons. The number of halogens is 2. The van der Waals surface area contributed by atoms with Crippen molar-refractivity contribution < 1.29 is 8.78 Å². The lowest BCUT2D eigenvalue weighted by atomic mass is 9.72. The van der Waals surface area contributed by atoms with Gasteiger partial charge in [0, 0.05) is 0 Å². The first kappa shape index (κ1) is 13.3. The monoisotopic (exact) mass is 244 g/mol. The Kier molecular flexibility index (Phi) is 4.43. The van der Waals surface area contributed by atoms with Gasteiger partial charge in [-0.3, -0.25) is 0 Å². The summed E-state index contributed by atoms with van der Waals surface area (Å²) in [6, 6.07) is 0. The quantitative estimate of drug-likeness (QED) is 0.574. The van der Waals surface area contributed by atoms with E-state index in [0.29, 0.717) is 5.92 Å². The van der Waals surface area contributed by atoms with Crippen LogP contribution in [0.15, 0.2) is 0 Å². The Morgan fingerprint density at radius 3 is 2.29 bits per heavy atom. The van der Waals surface area contributed by atoms with Crippen molar-refractivity contribution in [3.63, 3.8) is 0 Å². The second kappa shape index (κ2) is 5.67. The SMILES string of the molecule is CC1CCCC(C2CCC(C)C(F)C2F)CC1. The highest BCUT2D eigenvalue weighted by atomic mass is 19.2. The highest BCUT2D eigenvalue weighted by molar-refractivity contribution is 4.90. The first-order valence-electron chi connectivity index (χ1n) is 7.37. The van der Waals surface area contributed by atoms with Crippen molar-refractivity contribution in [1.82, 2.24) is 0 Å². The minimum atomic E-state index is -1.21. The molecule has 0 radical (unpaired) electrons. The van der Waals surface area contributed by atoms with E-state index < -0.39 is 12.3 Å². The van der Waals surface area contributed by atoms with Gasteiger partial charge in [-0.05, 0) is 42.9 Å². The molecule has 6 unspecified atom stereocenters. The molecule has 0 spiro atoms. The maximum absolute atomic E-state index is 14.1. The minimum absolute atomic E-state index is 0.00602. The van der Waals surface area contributed by atoms with Crippen LogP contribution in [0.4, 0.5) is 8.78 Å². The molecule has 0 aromatic rings. The van der Waals surface area contributed by atoms with Crippen molar-refractivity contribution >= 4 is 0 Å². The summed E-state index contributed by atoms with van der Waals surface area (Å²) in [5.74, 6) is 1.15. The molecular weight excluding hydrogens is 218 g/mol. The zero-order chi connectivity index (χ0) is 12.4. The van der Waals surface area contributed by atoms with Crippen LogP contribution in [0.3, 0.4) is 0 Å². The highest BCUT2D eigenvalue weighted by Crippen LogP contribution is 2.42. The molecule has 0 aliphatic heterocycles. The molecule has 2 heteroatoms. The lowest BCUT2D eigenvalue weighted by molar-refractivity contribution is 0.00139. The van der Waals surface area contributed by atoms with Crippen LogP contribution in [0.1, 0.15) is 58.8 Å². The van der Waals surface area contributed by atoms with Gasteiger partial charge in [-0.1, -0.05) is 39.5 Å². The molecule has 0 aromatic carbocycles. The fourth-order valence-corrected chi connectivity index (χ4v) is 3.76. The van der Waals surface area contributed by atoms with Crippen molar-refractivity contribution in [1.29, 1.82) is 0 Å². The summed E-state index contributed by atoms with van der Waals surface area (Å²) in [7, 11) is 0. The molecule has 0 nitrogen and oxygen atoms in total. The van der Waals surface area contributed by atoms with Crippen LogP contribution < -0.4 is 0 Å². The van der Waals surface area contributed by atoms with Crippen molar-refractivity contribution in [3.05, 3.63) is 0 Å². The van der Waals surface area contributed by atoms with Gasteiger partial charge in [0.15, 0.2) is 0 Å². The molecule has 0 amide bonds. The van der Waals surface area contributed by atoms with Crippen LogP contribution >= 0.6 is 0 Å². The van der Waals surface area contributed by atoms with Gasteiger partial charge < -0.3 is 0 Å². The summed E-state index contributed by atoms with van der Waals surface area (Å²) >= 11 is 0. The third-order valence-electron chi connectivity index (χ3n) is 5.12. The Hall–Kier alpha value is -0.140. The average Bonchev–Trinajstić information content (AvgIpc) is 2.52. The van der Waals surface area contributed by atoms with Gasteiger partial charge in [-0.25, -0.2) is 8.78 Å². The van der Waals surface area contributed by atoms with Crippen LogP contribution in [0, 0.1) is 23.7 Å². The molecule has 6 atom stereocenters. The fourth-order valence-electron chi connectivity index (χ4n) is 3.76. The van der Waals surface area contributed by atoms with Crippen LogP contribution in [0.5, 0.6) is 0 Å². The first-order chi connectivity index (χ1) is 8.09. The summed E-state index contributed by atoms with van der Waals surface area (Å²) < 4.78 is 27.9. The zero-order valence-corrected chi connectivity index (χ0v) is 11.2. The Morgan fingerprint density at radius 1 is 0.765 bits per heavy atom. The number of rotatable bonds is 1. The molecule has 0 bridgehead atoms. The standard InChI is InChI=1S/C15H26F2/c1-10-4-3-5-12(8-6-10)13-9-7-11(2)14(16)15(13)17/h10-15H,3-9H2,1-2H3. The maximum atomic E-state index is 14.1. The van der Waals surface area contributed by atoms with E-state index in [4.69, 9.17) is 0 Å². The van der Waals surface area contributed by atoms with Crippen molar-refractivity contribution in [2.75, 3.05) is 0 Å². The van der Waals surface area contributed by atoms with Gasteiger partial charge in [0.05, 0.1) is 0 Å². The summed E-state index contributed by atoms with van der Waals surface area (Å²) in [5.41, 5.74) is 0. The molecule has 0 heterocycles. The Morgan fingerprint density at radius 2 is 1.53 bits per heavy atom. The lowest BCUT2D eigenvalue weighted by Gasteiger charge is -2.37. The maximum Gasteiger partial charge on any atom is 0.134 e. The molecule has 17 heavy (non-hydrogen) atoms. The molecule has 2 aliphatic rings. The molecule has 0 saturated heterocycles. The summed E-state index contributed by atoms with van der Waals surface area (Å²) in [4.78, 5) is 0. The first-order valence-corrected chi connectivity index (χ1v) is 7.37. The second-order valence-corrected chi connectivity index (χ2v) is 6.48. The third-order valence-corrected chi connectivity index (χ3v) is 5.12. The predicted molar refractivity (Wildman–Crippen MR) is 67.4 cm³/mol. The van der Waals surface area contributed by atoms with Crippen LogP contribution in [-0.4, -0.2) is 12.3 Å². The van der Waals surface area contributed by atoms with E-state index in [2.05, 4.69) is 6.92 Å². The number of hydrogen-bond donors (Lipinski definition) is 0. The van der Waals surface area contributed by atoms with Gasteiger partial charge >= 0.3 is 0 Å². The second-order valence-electron chi connectivity index (χ2n) is 6.48. The van der Waals surface area contributed by atoms with Gasteiger partial charge in [0.1, 0.15) is 12.3 Å². The predicted octanol–water partition coefficient (Wildman–Crippen LogP) is 4.93. The van der Waals surface area contributed by atoms with Gasteiger partial charge in [-0.2, -0.15) is 0 Å². The zero-order valence-electron chi connectivity index (χ0n) is 11.2. The minimum Gasteiger partial charge on any atom is -0.244 e. The number of hydrogen-bond acceptors (Lipinski definition) is 0. The lowest BCUT2D eigenvalue weighted by Crippen LogP contribution is -2.40. The van der Waals surface area contributed by atoms with Crippen molar-refractivity contribution in [3.8, 4) is 0 Å². The van der Waals surface area contributed by atoms with E-state index in [1.54, 1.807) is 0 Å². The normalized spacial score (nSPS) is 48.7. The molecule has 0 N–H and O–H groups in total. The van der Waals surface area contributed by atoms with E-state index >= 15 is 0 Å². The van der Waals surface area contributed by atoms with Crippen molar-refractivity contribution in [2.45, 2.75) is 71.1 Å². The van der Waals surface area contributed by atoms with Gasteiger partial charge in [-0.15, -0.1) is 0 Å². The molecule has 2 aliphatic carbocycles. The molecule has 2 fully saturated rings. The van der Waals surface area contributed by atoms with Crippen LogP contribution in [-0.2, 0) is 0 Å². The Bertz CT molecular complexity index is 241. The topological polar surface area (TPSA) is 0 Å². The fraction of sp³-hybridized carbons (Fsp3) is 1.00. The molecular formula is C15H26F2. The van der Waals surface area contributed by atoms with E-state index in [0.717, 1.165) is 31.6 Å². The Labute approximate surface area is 104 Å². The third kappa shape index (κ3) is 3.00. The van der Waals surface area contributed by atoms with E-state index in [-0.39, 0.29) is 11.8 Å². The summed E-state index contributed by atoms with van der Waals surface area (Å²) in [5, 5.41) is 0. The van der Waals surface area contributed by atoms with E-state index in [9.17, 15) is 8.78 Å². The average molecular weight is 244 g/mol. The van der Waals surface area contributed by atoms with Crippen LogP contribution in [0.25, 0.3) is 0 Å². The number of alkyl halides is 2. The van der Waals surface area contributed by atoms with E-state index in [1.165, 1.54) is 19.3 Å².